The van der Waals surface area contributed by atoms with Crippen molar-refractivity contribution < 1.29 is 18.7 Å². The molecule has 0 atom stereocenters. The number of hydrogen-bond acceptors (Lipinski definition) is 5. The molecule has 0 radical (unpaired) electrons. The number of hydrazone groups is 1. The number of carbonyl (C=O) groups excluding carboxylic acids is 1. The SMILES string of the molecule is CCOc1ccc2oc(C(=O)N/N=C/c3cc(Br)c(OCc4ccc(Cl)cc4Cl)c(Br)c3)cc2c1. The number of halogens is 4. The van der Waals surface area contributed by atoms with E-state index in [0.717, 1.165) is 16.5 Å². The van der Waals surface area contributed by atoms with Crippen LogP contribution in [0, 0.1) is 0 Å². The van der Waals surface area contributed by atoms with Crippen LogP contribution in [-0.4, -0.2) is 18.7 Å². The Morgan fingerprint density at radius 2 is 1.83 bits per heavy atom. The van der Waals surface area contributed by atoms with Gasteiger partial charge in [-0.3, -0.25) is 4.79 Å². The van der Waals surface area contributed by atoms with E-state index >= 15 is 0 Å². The van der Waals surface area contributed by atoms with Crippen molar-refractivity contribution in [2.45, 2.75) is 13.5 Å². The number of carbonyl (C=O) groups is 1. The van der Waals surface area contributed by atoms with Gasteiger partial charge in [-0.25, -0.2) is 5.43 Å². The predicted octanol–water partition coefficient (Wildman–Crippen LogP) is 8.01. The van der Waals surface area contributed by atoms with Crippen LogP contribution in [0.25, 0.3) is 11.0 Å². The Kier molecular flexibility index (Phi) is 8.38. The zero-order valence-corrected chi connectivity index (χ0v) is 23.0. The van der Waals surface area contributed by atoms with Gasteiger partial charge in [0.25, 0.3) is 0 Å². The summed E-state index contributed by atoms with van der Waals surface area (Å²) in [7, 11) is 0. The first-order valence-corrected chi connectivity index (χ1v) is 12.7. The van der Waals surface area contributed by atoms with Crippen LogP contribution in [0.2, 0.25) is 10.0 Å². The average Bonchev–Trinajstić information content (AvgIpc) is 3.23. The maximum absolute atomic E-state index is 12.5. The molecule has 1 N–H and O–H groups in total. The molecule has 1 aromatic heterocycles. The lowest BCUT2D eigenvalue weighted by Crippen LogP contribution is -2.16. The third-order valence-corrected chi connectivity index (χ3v) is 6.58. The van der Waals surface area contributed by atoms with E-state index in [1.54, 1.807) is 30.3 Å². The third-order valence-electron chi connectivity index (χ3n) is 4.81. The average molecular weight is 641 g/mol. The first kappa shape index (κ1) is 25.6. The van der Waals surface area contributed by atoms with Crippen LogP contribution in [0.5, 0.6) is 11.5 Å². The van der Waals surface area contributed by atoms with Crippen LogP contribution in [0.3, 0.4) is 0 Å². The van der Waals surface area contributed by atoms with Gasteiger partial charge in [-0.2, -0.15) is 5.10 Å². The normalized spacial score (nSPS) is 11.2. The van der Waals surface area contributed by atoms with Crippen LogP contribution < -0.4 is 14.9 Å². The fourth-order valence-corrected chi connectivity index (χ4v) is 5.10. The molecule has 35 heavy (non-hydrogen) atoms. The predicted molar refractivity (Wildman–Crippen MR) is 145 cm³/mol. The summed E-state index contributed by atoms with van der Waals surface area (Å²) in [6.07, 6.45) is 1.52. The molecular weight excluding hydrogens is 623 g/mol. The van der Waals surface area contributed by atoms with Crippen molar-refractivity contribution in [1.29, 1.82) is 0 Å². The van der Waals surface area contributed by atoms with E-state index in [4.69, 9.17) is 37.1 Å². The van der Waals surface area contributed by atoms with Crippen LogP contribution in [0.4, 0.5) is 0 Å². The third kappa shape index (κ3) is 6.38. The molecule has 0 unspecified atom stereocenters. The zero-order valence-electron chi connectivity index (χ0n) is 18.3. The van der Waals surface area contributed by atoms with Crippen LogP contribution in [-0.2, 0) is 6.61 Å². The van der Waals surface area contributed by atoms with E-state index in [1.807, 2.05) is 31.2 Å². The van der Waals surface area contributed by atoms with Gasteiger partial charge in [-0.15, -0.1) is 0 Å². The Morgan fingerprint density at radius 3 is 2.54 bits per heavy atom. The summed E-state index contributed by atoms with van der Waals surface area (Å²) in [5, 5.41) is 5.90. The molecule has 0 spiro atoms. The number of ether oxygens (including phenoxy) is 2. The van der Waals surface area contributed by atoms with E-state index in [1.165, 1.54) is 6.21 Å². The smallest absolute Gasteiger partial charge is 0.307 e. The molecule has 0 bridgehead atoms. The van der Waals surface area contributed by atoms with Gasteiger partial charge in [0, 0.05) is 21.0 Å². The molecular formula is C25H18Br2Cl2N2O4. The topological polar surface area (TPSA) is 73.1 Å². The fraction of sp³-hybridized carbons (Fsp3) is 0.120. The maximum Gasteiger partial charge on any atom is 0.307 e. The minimum atomic E-state index is -0.465. The lowest BCUT2D eigenvalue weighted by molar-refractivity contribution is 0.0929. The molecule has 1 heterocycles. The highest BCUT2D eigenvalue weighted by molar-refractivity contribution is 9.11. The van der Waals surface area contributed by atoms with Crippen molar-refractivity contribution in [3.63, 3.8) is 0 Å². The number of rotatable bonds is 8. The van der Waals surface area contributed by atoms with Crippen molar-refractivity contribution in [1.82, 2.24) is 5.43 Å². The molecule has 0 aliphatic rings. The minimum absolute atomic E-state index is 0.151. The van der Waals surface area contributed by atoms with E-state index in [-0.39, 0.29) is 12.4 Å². The molecule has 0 aliphatic carbocycles. The second kappa shape index (κ2) is 11.5. The van der Waals surface area contributed by atoms with Crippen LogP contribution in [0.1, 0.15) is 28.6 Å². The largest absolute Gasteiger partial charge is 0.494 e. The molecule has 0 fully saturated rings. The number of furan rings is 1. The highest BCUT2D eigenvalue weighted by Crippen LogP contribution is 2.35. The van der Waals surface area contributed by atoms with Crippen molar-refractivity contribution in [3.8, 4) is 11.5 Å². The number of amides is 1. The summed E-state index contributed by atoms with van der Waals surface area (Å²) in [5.74, 6) is 1.00. The standard InChI is InChI=1S/C25H18Br2Cl2N2O4/c1-2-33-18-5-6-22-16(9-18)10-23(35-22)25(32)31-30-12-14-7-19(26)24(20(27)8-14)34-13-15-3-4-17(28)11-21(15)29/h3-12H,2,13H2,1H3,(H,31,32)/b30-12+. The Balaban J connectivity index is 1.40. The second-order valence-corrected chi connectivity index (χ2v) is 9.83. The molecule has 4 aromatic rings. The number of nitrogens with one attached hydrogen (secondary N) is 1. The highest BCUT2D eigenvalue weighted by Gasteiger charge is 2.13. The summed E-state index contributed by atoms with van der Waals surface area (Å²) in [5.41, 5.74) is 4.60. The molecule has 0 saturated heterocycles. The van der Waals surface area contributed by atoms with Crippen LogP contribution >= 0.6 is 55.1 Å². The summed E-state index contributed by atoms with van der Waals surface area (Å²) in [4.78, 5) is 12.5. The van der Waals surface area contributed by atoms with Gasteiger partial charge in [0.2, 0.25) is 0 Å². The van der Waals surface area contributed by atoms with E-state index in [9.17, 15) is 4.79 Å². The van der Waals surface area contributed by atoms with E-state index in [2.05, 4.69) is 42.4 Å². The van der Waals surface area contributed by atoms with E-state index in [0.29, 0.717) is 42.7 Å². The van der Waals surface area contributed by atoms with Gasteiger partial charge in [-0.1, -0.05) is 29.3 Å². The Bertz CT molecular complexity index is 1400. The molecule has 0 aliphatic heterocycles. The summed E-state index contributed by atoms with van der Waals surface area (Å²) in [6, 6.07) is 15.9. The number of hydrogen-bond donors (Lipinski definition) is 1. The van der Waals surface area contributed by atoms with Gasteiger partial charge in [0.1, 0.15) is 23.7 Å². The quantitative estimate of drug-likeness (QED) is 0.156. The van der Waals surface area contributed by atoms with Crippen molar-refractivity contribution in [3.05, 3.63) is 90.5 Å². The minimum Gasteiger partial charge on any atom is -0.494 e. The number of nitrogens with zero attached hydrogens (tertiary/aromatic N) is 1. The maximum atomic E-state index is 12.5. The molecule has 1 amide bonds. The second-order valence-electron chi connectivity index (χ2n) is 7.28. The zero-order chi connectivity index (χ0) is 24.9. The van der Waals surface area contributed by atoms with Gasteiger partial charge in [-0.05, 0) is 92.9 Å². The lowest BCUT2D eigenvalue weighted by Gasteiger charge is -2.12. The molecule has 4 rings (SSSR count). The Morgan fingerprint density at radius 1 is 1.06 bits per heavy atom. The number of benzene rings is 3. The Labute approximate surface area is 228 Å². The van der Waals surface area contributed by atoms with Gasteiger partial charge in [0.05, 0.1) is 21.8 Å². The van der Waals surface area contributed by atoms with Gasteiger partial charge in [0.15, 0.2) is 5.76 Å². The van der Waals surface area contributed by atoms with Crippen molar-refractivity contribution in [2.24, 2.45) is 5.10 Å². The molecule has 10 heteroatoms. The van der Waals surface area contributed by atoms with Crippen LogP contribution in [0.15, 0.2) is 73.1 Å². The molecule has 180 valence electrons. The van der Waals surface area contributed by atoms with Crippen molar-refractivity contribution in [2.75, 3.05) is 6.61 Å². The molecule has 3 aromatic carbocycles. The number of fused-ring (bicyclic) bond motifs is 1. The molecule has 0 saturated carbocycles. The van der Waals surface area contributed by atoms with E-state index < -0.39 is 5.91 Å². The molecule has 6 nitrogen and oxygen atoms in total. The van der Waals surface area contributed by atoms with Gasteiger partial charge < -0.3 is 13.9 Å². The lowest BCUT2D eigenvalue weighted by atomic mass is 10.2. The Hall–Kier alpha value is -2.52. The highest BCUT2D eigenvalue weighted by atomic mass is 79.9. The van der Waals surface area contributed by atoms with Crippen molar-refractivity contribution >= 4 is 78.2 Å². The fourth-order valence-electron chi connectivity index (χ4n) is 3.19. The van der Waals surface area contributed by atoms with Gasteiger partial charge >= 0.3 is 5.91 Å². The monoisotopic (exact) mass is 638 g/mol. The first-order valence-electron chi connectivity index (χ1n) is 10.4. The first-order chi connectivity index (χ1) is 16.8. The summed E-state index contributed by atoms with van der Waals surface area (Å²) in [6.45, 7) is 2.73. The summed E-state index contributed by atoms with van der Waals surface area (Å²) >= 11 is 19.2. The summed E-state index contributed by atoms with van der Waals surface area (Å²) < 4.78 is 18.4.